The number of amides is 1. The van der Waals surface area contributed by atoms with Gasteiger partial charge in [-0.25, -0.2) is 9.97 Å². The molecule has 1 unspecified atom stereocenters. The first-order valence-electron chi connectivity index (χ1n) is 6.56. The van der Waals surface area contributed by atoms with E-state index in [2.05, 4.69) is 31.2 Å². The monoisotopic (exact) mass is 363 g/mol. The number of benzene rings is 1. The Kier molecular flexibility index (Phi) is 5.60. The lowest BCUT2D eigenvalue weighted by atomic mass is 10.1. The number of rotatable bonds is 5. The van der Waals surface area contributed by atoms with E-state index in [9.17, 15) is 9.59 Å². The largest absolute Gasteiger partial charge is 0.452 e. The van der Waals surface area contributed by atoms with Gasteiger partial charge in [-0.05, 0) is 30.7 Å². The molecule has 0 aliphatic carbocycles. The first-order chi connectivity index (χ1) is 10.5. The number of aromatic nitrogens is 2. The molecule has 22 heavy (non-hydrogen) atoms. The molecule has 1 amide bonds. The normalized spacial score (nSPS) is 11.5. The van der Waals surface area contributed by atoms with Crippen LogP contribution in [0.3, 0.4) is 0 Å². The Hall–Kier alpha value is -2.28. The summed E-state index contributed by atoms with van der Waals surface area (Å²) >= 11 is 3.32. The summed E-state index contributed by atoms with van der Waals surface area (Å²) in [6.07, 6.45) is 2.19. The molecule has 0 aliphatic rings. The zero-order valence-corrected chi connectivity index (χ0v) is 13.4. The summed E-state index contributed by atoms with van der Waals surface area (Å²) in [7, 11) is 0. The molecule has 0 saturated carbocycles. The number of nitrogens with one attached hydrogen (secondary N) is 1. The molecule has 1 aromatic carbocycles. The summed E-state index contributed by atoms with van der Waals surface area (Å²) in [6.45, 7) is 1.50. The number of nitrogens with zero attached hydrogens (tertiary/aromatic N) is 2. The van der Waals surface area contributed by atoms with Crippen LogP contribution in [0.5, 0.6) is 0 Å². The zero-order chi connectivity index (χ0) is 15.9. The average Bonchev–Trinajstić information content (AvgIpc) is 2.50. The highest BCUT2D eigenvalue weighted by atomic mass is 79.9. The van der Waals surface area contributed by atoms with Crippen LogP contribution in [0.4, 0.5) is 5.95 Å². The van der Waals surface area contributed by atoms with Gasteiger partial charge >= 0.3 is 5.97 Å². The van der Waals surface area contributed by atoms with E-state index in [-0.39, 0.29) is 12.4 Å². The van der Waals surface area contributed by atoms with Gasteiger partial charge in [-0.3, -0.25) is 14.9 Å². The van der Waals surface area contributed by atoms with Crippen molar-refractivity contribution in [3.05, 3.63) is 52.8 Å². The second-order valence-corrected chi connectivity index (χ2v) is 5.41. The fourth-order valence-corrected chi connectivity index (χ4v) is 1.90. The molecule has 0 bridgehead atoms. The van der Waals surface area contributed by atoms with Crippen molar-refractivity contribution in [2.24, 2.45) is 0 Å². The van der Waals surface area contributed by atoms with Gasteiger partial charge in [0.2, 0.25) is 5.95 Å². The number of halogens is 1. The molecule has 6 nitrogen and oxygen atoms in total. The van der Waals surface area contributed by atoms with Crippen LogP contribution < -0.4 is 5.32 Å². The van der Waals surface area contributed by atoms with E-state index in [1.54, 1.807) is 6.07 Å². The Bertz CT molecular complexity index is 647. The number of anilines is 1. The second-order valence-electron chi connectivity index (χ2n) is 4.50. The van der Waals surface area contributed by atoms with Crippen LogP contribution in [0.1, 0.15) is 12.5 Å². The topological polar surface area (TPSA) is 81.2 Å². The van der Waals surface area contributed by atoms with Gasteiger partial charge in [-0.2, -0.15) is 0 Å². The van der Waals surface area contributed by atoms with Gasteiger partial charge in [0.05, 0.1) is 6.42 Å². The predicted octanol–water partition coefficient (Wildman–Crippen LogP) is 2.35. The number of carbonyl (C=O) groups excluding carboxylic acids is 2. The standard InChI is InChI=1S/C15H14BrN3O3/c1-10(14(21)19-15-17-7-2-8-18-15)22-13(20)9-11-3-5-12(16)6-4-11/h2-8,10H,9H2,1H3,(H,17,18,19,21). The van der Waals surface area contributed by atoms with Crippen molar-refractivity contribution in [1.29, 1.82) is 0 Å². The molecule has 0 saturated heterocycles. The van der Waals surface area contributed by atoms with Crippen molar-refractivity contribution in [2.45, 2.75) is 19.4 Å². The summed E-state index contributed by atoms with van der Waals surface area (Å²) in [5.41, 5.74) is 0.812. The van der Waals surface area contributed by atoms with Gasteiger partial charge < -0.3 is 4.74 Å². The van der Waals surface area contributed by atoms with Gasteiger partial charge in [0, 0.05) is 16.9 Å². The molecule has 2 aromatic rings. The highest BCUT2D eigenvalue weighted by Crippen LogP contribution is 2.11. The Morgan fingerprint density at radius 1 is 1.23 bits per heavy atom. The van der Waals surface area contributed by atoms with Gasteiger partial charge in [-0.15, -0.1) is 0 Å². The van der Waals surface area contributed by atoms with Crippen LogP contribution in [-0.2, 0) is 20.7 Å². The van der Waals surface area contributed by atoms with E-state index < -0.39 is 18.0 Å². The number of carbonyl (C=O) groups is 2. The van der Waals surface area contributed by atoms with E-state index in [1.807, 2.05) is 24.3 Å². The smallest absolute Gasteiger partial charge is 0.311 e. The fraction of sp³-hybridized carbons (Fsp3) is 0.200. The van der Waals surface area contributed by atoms with E-state index in [0.29, 0.717) is 0 Å². The molecular formula is C15H14BrN3O3. The van der Waals surface area contributed by atoms with Crippen LogP contribution in [0.2, 0.25) is 0 Å². The van der Waals surface area contributed by atoms with Crippen LogP contribution in [0, 0.1) is 0 Å². The van der Waals surface area contributed by atoms with E-state index in [0.717, 1.165) is 10.0 Å². The third kappa shape index (κ3) is 4.92. The van der Waals surface area contributed by atoms with Gasteiger partial charge in [0.1, 0.15) is 0 Å². The summed E-state index contributed by atoms with van der Waals surface area (Å²) in [5, 5.41) is 2.47. The van der Waals surface area contributed by atoms with Crippen LogP contribution in [0.15, 0.2) is 47.2 Å². The highest BCUT2D eigenvalue weighted by Gasteiger charge is 2.18. The van der Waals surface area contributed by atoms with Gasteiger partial charge in [0.25, 0.3) is 5.91 Å². The molecule has 2 rings (SSSR count). The number of ether oxygens (including phenoxy) is 1. The molecule has 0 aliphatic heterocycles. The van der Waals surface area contributed by atoms with E-state index in [1.165, 1.54) is 19.3 Å². The maximum atomic E-state index is 11.9. The Morgan fingerprint density at radius 3 is 2.50 bits per heavy atom. The molecule has 1 atom stereocenters. The van der Waals surface area contributed by atoms with Crippen LogP contribution in [0.25, 0.3) is 0 Å². The third-order valence-corrected chi connectivity index (χ3v) is 3.27. The van der Waals surface area contributed by atoms with Crippen molar-refractivity contribution < 1.29 is 14.3 Å². The van der Waals surface area contributed by atoms with Crippen LogP contribution in [-0.4, -0.2) is 27.9 Å². The molecule has 114 valence electrons. The summed E-state index contributed by atoms with van der Waals surface area (Å²) in [5.74, 6) is -0.780. The quantitative estimate of drug-likeness (QED) is 0.824. The minimum Gasteiger partial charge on any atom is -0.452 e. The van der Waals surface area contributed by atoms with Crippen molar-refractivity contribution >= 4 is 33.8 Å². The maximum absolute atomic E-state index is 11.9. The van der Waals surface area contributed by atoms with Crippen molar-refractivity contribution in [2.75, 3.05) is 5.32 Å². The van der Waals surface area contributed by atoms with Crippen LogP contribution >= 0.6 is 15.9 Å². The minimum atomic E-state index is -0.924. The molecule has 0 fully saturated rings. The SMILES string of the molecule is CC(OC(=O)Cc1ccc(Br)cc1)C(=O)Nc1ncccn1. The van der Waals surface area contributed by atoms with Crippen molar-refractivity contribution in [1.82, 2.24) is 9.97 Å². The first-order valence-corrected chi connectivity index (χ1v) is 7.35. The Balaban J connectivity index is 1.85. The van der Waals surface area contributed by atoms with E-state index in [4.69, 9.17) is 4.74 Å². The lowest BCUT2D eigenvalue weighted by Gasteiger charge is -2.12. The lowest BCUT2D eigenvalue weighted by Crippen LogP contribution is -2.31. The zero-order valence-electron chi connectivity index (χ0n) is 11.8. The third-order valence-electron chi connectivity index (χ3n) is 2.74. The Morgan fingerprint density at radius 2 is 1.86 bits per heavy atom. The molecule has 7 heteroatoms. The van der Waals surface area contributed by atoms with Gasteiger partial charge in [-0.1, -0.05) is 28.1 Å². The minimum absolute atomic E-state index is 0.104. The fourth-order valence-electron chi connectivity index (χ4n) is 1.64. The molecule has 1 aromatic heterocycles. The summed E-state index contributed by atoms with van der Waals surface area (Å²) < 4.78 is 6.03. The summed E-state index contributed by atoms with van der Waals surface area (Å²) in [6, 6.07) is 8.94. The molecular weight excluding hydrogens is 350 g/mol. The maximum Gasteiger partial charge on any atom is 0.311 e. The average molecular weight is 364 g/mol. The molecule has 1 heterocycles. The highest BCUT2D eigenvalue weighted by molar-refractivity contribution is 9.10. The second kappa shape index (κ2) is 7.65. The lowest BCUT2D eigenvalue weighted by molar-refractivity contribution is -0.152. The van der Waals surface area contributed by atoms with Crippen molar-refractivity contribution in [3.63, 3.8) is 0 Å². The first kappa shape index (κ1) is 16.1. The van der Waals surface area contributed by atoms with E-state index >= 15 is 0 Å². The molecule has 1 N–H and O–H groups in total. The number of hydrogen-bond donors (Lipinski definition) is 1. The van der Waals surface area contributed by atoms with Gasteiger partial charge in [0.15, 0.2) is 6.10 Å². The molecule has 0 spiro atoms. The van der Waals surface area contributed by atoms with Crippen molar-refractivity contribution in [3.8, 4) is 0 Å². The number of hydrogen-bond acceptors (Lipinski definition) is 5. The Labute approximate surface area is 136 Å². The predicted molar refractivity (Wildman–Crippen MR) is 84.1 cm³/mol. The summed E-state index contributed by atoms with van der Waals surface area (Å²) in [4.78, 5) is 31.4. The molecule has 0 radical (unpaired) electrons. The number of esters is 1.